The zero-order valence-electron chi connectivity index (χ0n) is 27.6. The van der Waals surface area contributed by atoms with E-state index in [1.165, 1.54) is 33.3 Å². The van der Waals surface area contributed by atoms with E-state index in [2.05, 4.69) is 16.0 Å². The molecule has 19 nitrogen and oxygen atoms in total. The van der Waals surface area contributed by atoms with Crippen molar-refractivity contribution in [3.05, 3.63) is 33.4 Å². The van der Waals surface area contributed by atoms with Gasteiger partial charge in [0.2, 0.25) is 11.8 Å². The first kappa shape index (κ1) is 39.9. The van der Waals surface area contributed by atoms with Crippen LogP contribution in [0.5, 0.6) is 5.75 Å². The summed E-state index contributed by atoms with van der Waals surface area (Å²) in [5.41, 5.74) is 0.353. The highest BCUT2D eigenvalue weighted by molar-refractivity contribution is 5.82. The minimum atomic E-state index is -1.75. The third-order valence-corrected chi connectivity index (χ3v) is 8.33. The number of carbonyl (C=O) groups excluding carboxylic acids is 3. The molecule has 1 aromatic carbocycles. The Morgan fingerprint density at radius 2 is 1.67 bits per heavy atom. The van der Waals surface area contributed by atoms with Crippen molar-refractivity contribution in [1.29, 1.82) is 0 Å². The third kappa shape index (κ3) is 10.0. The molecule has 2 aliphatic heterocycles. The SMILES string of the molecule is COc1cc(CO)c([N+](=O)[O-])cc1CCCC(=O)NCCNC(=O)C1OC(OC2C(O)C(CO)OC(C)C2NC(C)=O)C(O)C(O)C1OC. The summed E-state index contributed by atoms with van der Waals surface area (Å²) >= 11 is 0. The monoisotopic (exact) mass is 702 g/mol. The molecule has 2 saturated heterocycles. The third-order valence-electron chi connectivity index (χ3n) is 8.33. The van der Waals surface area contributed by atoms with Gasteiger partial charge in [0.1, 0.15) is 42.4 Å². The highest BCUT2D eigenvalue weighted by atomic mass is 16.7. The predicted octanol–water partition coefficient (Wildman–Crippen LogP) is -2.86. The van der Waals surface area contributed by atoms with Gasteiger partial charge in [0, 0.05) is 45.2 Å². The van der Waals surface area contributed by atoms with Gasteiger partial charge in [-0.05, 0) is 25.8 Å². The van der Waals surface area contributed by atoms with Crippen molar-refractivity contribution in [3.8, 4) is 5.75 Å². The van der Waals surface area contributed by atoms with Crippen LogP contribution in [0, 0.1) is 10.1 Å². The van der Waals surface area contributed by atoms with E-state index in [1.54, 1.807) is 6.92 Å². The molecule has 0 saturated carbocycles. The molecule has 3 amide bonds. The number of aliphatic hydroxyl groups is 5. The molecule has 0 aromatic heterocycles. The second-order valence-corrected chi connectivity index (χ2v) is 11.7. The van der Waals surface area contributed by atoms with Crippen molar-refractivity contribution >= 4 is 23.4 Å². The lowest BCUT2D eigenvalue weighted by molar-refractivity contribution is -0.385. The van der Waals surface area contributed by atoms with Crippen molar-refractivity contribution in [2.24, 2.45) is 0 Å². The number of hydrogen-bond acceptors (Lipinski definition) is 15. The Balaban J connectivity index is 1.56. The maximum absolute atomic E-state index is 13.1. The number of benzene rings is 1. The summed E-state index contributed by atoms with van der Waals surface area (Å²) in [5, 5.41) is 70.6. The van der Waals surface area contributed by atoms with Crippen molar-refractivity contribution < 1.29 is 68.5 Å². The Kier molecular flexibility index (Phi) is 15.0. The zero-order valence-corrected chi connectivity index (χ0v) is 27.6. The molecule has 10 atom stereocenters. The minimum Gasteiger partial charge on any atom is -0.496 e. The van der Waals surface area contributed by atoms with Gasteiger partial charge in [-0.25, -0.2) is 0 Å². The first-order chi connectivity index (χ1) is 23.3. The Morgan fingerprint density at radius 1 is 0.980 bits per heavy atom. The van der Waals surface area contributed by atoms with Crippen molar-refractivity contribution in [1.82, 2.24) is 16.0 Å². The molecule has 0 spiro atoms. The normalized spacial score (nSPS) is 29.9. The Bertz CT molecular complexity index is 1300. The van der Waals surface area contributed by atoms with Gasteiger partial charge in [0.05, 0.1) is 43.0 Å². The minimum absolute atomic E-state index is 0.00708. The van der Waals surface area contributed by atoms with Crippen LogP contribution in [0.4, 0.5) is 5.69 Å². The number of hydrogen-bond donors (Lipinski definition) is 8. The van der Waals surface area contributed by atoms with Gasteiger partial charge in [0.25, 0.3) is 11.6 Å². The summed E-state index contributed by atoms with van der Waals surface area (Å²) in [6.45, 7) is 1.65. The molecule has 2 aliphatic rings. The Hall–Kier alpha value is -3.53. The topological polar surface area (TPSA) is 278 Å². The number of carbonyl (C=O) groups is 3. The highest BCUT2D eigenvalue weighted by Crippen LogP contribution is 2.31. The summed E-state index contributed by atoms with van der Waals surface area (Å²) in [7, 11) is 2.59. The maximum atomic E-state index is 13.1. The highest BCUT2D eigenvalue weighted by Gasteiger charge is 2.52. The second kappa shape index (κ2) is 18.5. The average molecular weight is 703 g/mol. The van der Waals surface area contributed by atoms with E-state index in [1.807, 2.05) is 0 Å². The molecule has 8 N–H and O–H groups in total. The number of nitro benzene ring substituents is 1. The fourth-order valence-corrected chi connectivity index (χ4v) is 5.81. The molecule has 2 heterocycles. The molecular weight excluding hydrogens is 656 g/mol. The molecule has 2 fully saturated rings. The lowest BCUT2D eigenvalue weighted by atomic mass is 9.92. The van der Waals surface area contributed by atoms with E-state index in [0.717, 1.165) is 0 Å². The van der Waals surface area contributed by atoms with E-state index in [9.17, 15) is 50.0 Å². The molecule has 276 valence electrons. The van der Waals surface area contributed by atoms with Crippen LogP contribution < -0.4 is 20.7 Å². The first-order valence-corrected chi connectivity index (χ1v) is 15.7. The molecule has 0 aliphatic carbocycles. The lowest BCUT2D eigenvalue weighted by Crippen LogP contribution is -2.68. The van der Waals surface area contributed by atoms with E-state index in [0.29, 0.717) is 17.7 Å². The van der Waals surface area contributed by atoms with Crippen LogP contribution in [0.1, 0.15) is 37.8 Å². The van der Waals surface area contributed by atoms with Gasteiger partial charge in [-0.15, -0.1) is 0 Å². The number of nitrogens with zero attached hydrogens (tertiary/aromatic N) is 1. The summed E-state index contributed by atoms with van der Waals surface area (Å²) in [5.74, 6) is -1.25. The van der Waals surface area contributed by atoms with Crippen LogP contribution in [0.3, 0.4) is 0 Å². The van der Waals surface area contributed by atoms with Crippen LogP contribution >= 0.6 is 0 Å². The second-order valence-electron chi connectivity index (χ2n) is 11.7. The number of nitrogens with one attached hydrogen (secondary N) is 3. The number of methoxy groups -OCH3 is 2. The lowest BCUT2D eigenvalue weighted by Gasteiger charge is -2.47. The fraction of sp³-hybridized carbons (Fsp3) is 0.700. The summed E-state index contributed by atoms with van der Waals surface area (Å²) in [6.07, 6.45) is -11.9. The molecule has 3 rings (SSSR count). The molecule has 0 radical (unpaired) electrons. The number of aryl methyl sites for hydroxylation is 1. The summed E-state index contributed by atoms with van der Waals surface area (Å²) < 4.78 is 27.6. The van der Waals surface area contributed by atoms with Gasteiger partial charge in [-0.1, -0.05) is 0 Å². The molecule has 1 aromatic rings. The van der Waals surface area contributed by atoms with Crippen LogP contribution in [-0.4, -0.2) is 143 Å². The fourth-order valence-electron chi connectivity index (χ4n) is 5.81. The van der Waals surface area contributed by atoms with Crippen LogP contribution in [-0.2, 0) is 46.4 Å². The van der Waals surface area contributed by atoms with Crippen molar-refractivity contribution in [3.63, 3.8) is 0 Å². The number of aliphatic hydroxyl groups excluding tert-OH is 5. The van der Waals surface area contributed by atoms with Gasteiger partial charge < -0.3 is 65.2 Å². The maximum Gasteiger partial charge on any atom is 0.275 e. The number of amides is 3. The molecular formula is C30H46N4O15. The van der Waals surface area contributed by atoms with E-state index < -0.39 is 91.1 Å². The van der Waals surface area contributed by atoms with Crippen molar-refractivity contribution in [2.45, 2.75) is 101 Å². The average Bonchev–Trinajstić information content (AvgIpc) is 3.07. The van der Waals surface area contributed by atoms with Gasteiger partial charge in [0.15, 0.2) is 12.4 Å². The summed E-state index contributed by atoms with van der Waals surface area (Å²) in [4.78, 5) is 48.1. The van der Waals surface area contributed by atoms with Crippen molar-refractivity contribution in [2.75, 3.05) is 33.9 Å². The van der Waals surface area contributed by atoms with E-state index >= 15 is 0 Å². The smallest absolute Gasteiger partial charge is 0.275 e. The first-order valence-electron chi connectivity index (χ1n) is 15.7. The largest absolute Gasteiger partial charge is 0.496 e. The zero-order chi connectivity index (χ0) is 36.4. The van der Waals surface area contributed by atoms with Gasteiger partial charge in [-0.3, -0.25) is 24.5 Å². The number of nitro groups is 1. The van der Waals surface area contributed by atoms with Crippen LogP contribution in [0.15, 0.2) is 12.1 Å². The number of ether oxygens (including phenoxy) is 5. The molecule has 49 heavy (non-hydrogen) atoms. The van der Waals surface area contributed by atoms with E-state index in [4.69, 9.17) is 23.7 Å². The van der Waals surface area contributed by atoms with Gasteiger partial charge in [-0.2, -0.15) is 0 Å². The molecule has 10 unspecified atom stereocenters. The van der Waals surface area contributed by atoms with Crippen LogP contribution in [0.2, 0.25) is 0 Å². The Labute approximate surface area is 282 Å². The van der Waals surface area contributed by atoms with E-state index in [-0.39, 0.29) is 43.1 Å². The number of rotatable bonds is 16. The predicted molar refractivity (Wildman–Crippen MR) is 166 cm³/mol. The standard InChI is InChI=1S/C30H46N4O15/c1-14-22(33-15(2)37)26(23(39)20(13-36)47-14)48-30-25(41)24(40)27(46-4)28(49-30)29(42)32-9-8-31-21(38)7-5-6-16-10-18(34(43)44)17(12-35)11-19(16)45-3/h10-11,14,20,22-28,30,35-36,39-41H,5-9,12-13H2,1-4H3,(H,31,38)(H,32,42)(H,33,37). The molecule has 19 heteroatoms. The Morgan fingerprint density at radius 3 is 2.27 bits per heavy atom. The van der Waals surface area contributed by atoms with Gasteiger partial charge >= 0.3 is 0 Å². The van der Waals surface area contributed by atoms with Crippen LogP contribution in [0.25, 0.3) is 0 Å². The summed E-state index contributed by atoms with van der Waals surface area (Å²) in [6, 6.07) is 1.74. The molecule has 0 bridgehead atoms. The quantitative estimate of drug-likeness (QED) is 0.0489.